The van der Waals surface area contributed by atoms with Crippen LogP contribution in [0.5, 0.6) is 11.5 Å². The lowest BCUT2D eigenvalue weighted by Gasteiger charge is -2.33. The number of nitrogens with zero attached hydrogens (tertiary/aromatic N) is 4. The number of hydrogen-bond donors (Lipinski definition) is 0. The molecule has 0 saturated carbocycles. The molecule has 0 amide bonds. The summed E-state index contributed by atoms with van der Waals surface area (Å²) < 4.78 is 40.8. The minimum Gasteiger partial charge on any atom is -0.493 e. The number of ether oxygens (including phenoxy) is 2. The lowest BCUT2D eigenvalue weighted by Crippen LogP contribution is -2.39. The zero-order chi connectivity index (χ0) is 22.9. The first-order chi connectivity index (χ1) is 15.3. The largest absolute Gasteiger partial charge is 0.493 e. The Hall–Kier alpha value is -2.65. The quantitative estimate of drug-likeness (QED) is 0.537. The fourth-order valence-corrected chi connectivity index (χ4v) is 5.82. The monoisotopic (exact) mass is 458 g/mol. The maximum Gasteiger partial charge on any atom is 0.243 e. The van der Waals surface area contributed by atoms with Crippen molar-refractivity contribution in [3.05, 3.63) is 42.4 Å². The molecule has 3 heterocycles. The maximum absolute atomic E-state index is 13.3. The lowest BCUT2D eigenvalue weighted by molar-refractivity contribution is 0.272. The number of imidazole rings is 1. The number of rotatable bonds is 7. The predicted octanol–water partition coefficient (Wildman–Crippen LogP) is 3.67. The first-order valence-electron chi connectivity index (χ1n) is 10.9. The SMILES string of the molecule is COc1ccc(S(=O)(=O)N2CCC(n3c(CC(C)C)nc4cccnc43)CC2)cc1OC. The average molecular weight is 459 g/mol. The molecule has 1 aliphatic rings. The Kier molecular flexibility index (Phi) is 6.39. The minimum absolute atomic E-state index is 0.167. The van der Waals surface area contributed by atoms with Gasteiger partial charge in [0.1, 0.15) is 11.3 Å². The average Bonchev–Trinajstić information content (AvgIpc) is 3.15. The molecular formula is C23H30N4O4S. The molecule has 0 N–H and O–H groups in total. The molecule has 32 heavy (non-hydrogen) atoms. The highest BCUT2D eigenvalue weighted by molar-refractivity contribution is 7.89. The molecule has 172 valence electrons. The Morgan fingerprint density at radius 2 is 1.81 bits per heavy atom. The third-order valence-electron chi connectivity index (χ3n) is 5.89. The van der Waals surface area contributed by atoms with Gasteiger partial charge in [-0.3, -0.25) is 0 Å². The molecule has 1 aliphatic heterocycles. The number of piperidine rings is 1. The van der Waals surface area contributed by atoms with Gasteiger partial charge < -0.3 is 14.0 Å². The van der Waals surface area contributed by atoms with Crippen molar-refractivity contribution in [3.63, 3.8) is 0 Å². The van der Waals surface area contributed by atoms with E-state index >= 15 is 0 Å². The highest BCUT2D eigenvalue weighted by Gasteiger charge is 2.32. The second-order valence-electron chi connectivity index (χ2n) is 8.49. The first-order valence-corrected chi connectivity index (χ1v) is 12.3. The van der Waals surface area contributed by atoms with Crippen LogP contribution in [0.4, 0.5) is 0 Å². The van der Waals surface area contributed by atoms with E-state index in [-0.39, 0.29) is 10.9 Å². The zero-order valence-electron chi connectivity index (χ0n) is 19.0. The molecule has 1 aromatic carbocycles. The van der Waals surface area contributed by atoms with Gasteiger partial charge in [0.05, 0.1) is 19.1 Å². The van der Waals surface area contributed by atoms with Gasteiger partial charge in [0.15, 0.2) is 17.1 Å². The number of aromatic nitrogens is 3. The van der Waals surface area contributed by atoms with E-state index in [1.165, 1.54) is 20.3 Å². The van der Waals surface area contributed by atoms with Crippen molar-refractivity contribution in [1.29, 1.82) is 0 Å². The second-order valence-corrected chi connectivity index (χ2v) is 10.4. The Bertz CT molecular complexity index is 1200. The van der Waals surface area contributed by atoms with E-state index in [0.717, 1.165) is 23.4 Å². The van der Waals surface area contributed by atoms with E-state index < -0.39 is 10.0 Å². The summed E-state index contributed by atoms with van der Waals surface area (Å²) in [6, 6.07) is 8.77. The number of pyridine rings is 1. The minimum atomic E-state index is -3.63. The third kappa shape index (κ3) is 4.19. The Labute approximate surface area is 189 Å². The highest BCUT2D eigenvalue weighted by Crippen LogP contribution is 2.34. The summed E-state index contributed by atoms with van der Waals surface area (Å²) in [7, 11) is -0.601. The van der Waals surface area contributed by atoms with Gasteiger partial charge in [-0.05, 0) is 43.0 Å². The van der Waals surface area contributed by atoms with Crippen LogP contribution in [0.2, 0.25) is 0 Å². The van der Waals surface area contributed by atoms with E-state index in [1.807, 2.05) is 12.1 Å². The Morgan fingerprint density at radius 1 is 1.09 bits per heavy atom. The Morgan fingerprint density at radius 3 is 2.47 bits per heavy atom. The number of benzene rings is 1. The van der Waals surface area contributed by atoms with Gasteiger partial charge in [-0.2, -0.15) is 4.31 Å². The van der Waals surface area contributed by atoms with Crippen LogP contribution in [0.1, 0.15) is 38.6 Å². The van der Waals surface area contributed by atoms with Gasteiger partial charge in [-0.1, -0.05) is 13.8 Å². The summed E-state index contributed by atoms with van der Waals surface area (Å²) in [5, 5.41) is 0. The van der Waals surface area contributed by atoms with E-state index in [4.69, 9.17) is 14.5 Å². The van der Waals surface area contributed by atoms with Crippen molar-refractivity contribution in [1.82, 2.24) is 18.8 Å². The lowest BCUT2D eigenvalue weighted by atomic mass is 10.1. The summed E-state index contributed by atoms with van der Waals surface area (Å²) in [4.78, 5) is 9.61. The molecule has 2 aromatic heterocycles. The molecule has 0 unspecified atom stereocenters. The predicted molar refractivity (Wildman–Crippen MR) is 123 cm³/mol. The molecule has 0 atom stereocenters. The van der Waals surface area contributed by atoms with Gasteiger partial charge in [0, 0.05) is 37.8 Å². The molecule has 9 heteroatoms. The van der Waals surface area contributed by atoms with Gasteiger partial charge in [0.2, 0.25) is 10.0 Å². The topological polar surface area (TPSA) is 86.6 Å². The van der Waals surface area contributed by atoms with Crippen molar-refractivity contribution in [2.24, 2.45) is 5.92 Å². The Balaban J connectivity index is 1.57. The van der Waals surface area contributed by atoms with Crippen LogP contribution >= 0.6 is 0 Å². The molecule has 8 nitrogen and oxygen atoms in total. The molecule has 0 aliphatic carbocycles. The molecule has 3 aromatic rings. The molecule has 0 radical (unpaired) electrons. The summed E-state index contributed by atoms with van der Waals surface area (Å²) >= 11 is 0. The van der Waals surface area contributed by atoms with Crippen molar-refractivity contribution < 1.29 is 17.9 Å². The fraction of sp³-hybridized carbons (Fsp3) is 0.478. The molecule has 4 rings (SSSR count). The molecule has 1 fully saturated rings. The number of hydrogen-bond acceptors (Lipinski definition) is 6. The van der Waals surface area contributed by atoms with Gasteiger partial charge in [-0.25, -0.2) is 18.4 Å². The summed E-state index contributed by atoms with van der Waals surface area (Å²) in [6.45, 7) is 5.23. The fourth-order valence-electron chi connectivity index (χ4n) is 4.34. The van der Waals surface area contributed by atoms with Crippen LogP contribution in [0, 0.1) is 5.92 Å². The van der Waals surface area contributed by atoms with E-state index in [2.05, 4.69) is 23.4 Å². The van der Waals surface area contributed by atoms with Gasteiger partial charge in [-0.15, -0.1) is 0 Å². The van der Waals surface area contributed by atoms with Crippen LogP contribution in [-0.2, 0) is 16.4 Å². The molecule has 0 bridgehead atoms. The van der Waals surface area contributed by atoms with E-state index in [1.54, 1.807) is 22.6 Å². The van der Waals surface area contributed by atoms with Crippen LogP contribution in [0.15, 0.2) is 41.4 Å². The normalized spacial score (nSPS) is 16.0. The number of methoxy groups -OCH3 is 2. The smallest absolute Gasteiger partial charge is 0.243 e. The van der Waals surface area contributed by atoms with Crippen LogP contribution in [-0.4, -0.2) is 54.6 Å². The summed E-state index contributed by atoms with van der Waals surface area (Å²) in [5.74, 6) is 2.39. The second kappa shape index (κ2) is 9.07. The van der Waals surface area contributed by atoms with Crippen molar-refractivity contribution in [2.45, 2.75) is 44.0 Å². The maximum atomic E-state index is 13.3. The van der Waals surface area contributed by atoms with Gasteiger partial charge >= 0.3 is 0 Å². The zero-order valence-corrected chi connectivity index (χ0v) is 19.8. The van der Waals surface area contributed by atoms with Crippen molar-refractivity contribution >= 4 is 21.2 Å². The number of fused-ring (bicyclic) bond motifs is 1. The standard InChI is InChI=1S/C23H30N4O4S/c1-16(2)14-22-25-19-6-5-11-24-23(19)27(22)17-9-12-26(13-10-17)32(28,29)18-7-8-20(30-3)21(15-18)31-4/h5-8,11,15-17H,9-10,12-14H2,1-4H3. The van der Waals surface area contributed by atoms with Crippen molar-refractivity contribution in [3.8, 4) is 11.5 Å². The number of sulfonamides is 1. The van der Waals surface area contributed by atoms with Crippen LogP contribution in [0.25, 0.3) is 11.2 Å². The summed E-state index contributed by atoms with van der Waals surface area (Å²) in [6.07, 6.45) is 4.07. The van der Waals surface area contributed by atoms with Crippen LogP contribution in [0.3, 0.4) is 0 Å². The van der Waals surface area contributed by atoms with Crippen LogP contribution < -0.4 is 9.47 Å². The van der Waals surface area contributed by atoms with Gasteiger partial charge in [0.25, 0.3) is 0 Å². The highest BCUT2D eigenvalue weighted by atomic mass is 32.2. The van der Waals surface area contributed by atoms with E-state index in [9.17, 15) is 8.42 Å². The molecule has 1 saturated heterocycles. The third-order valence-corrected chi connectivity index (χ3v) is 7.79. The van der Waals surface area contributed by atoms with Crippen molar-refractivity contribution in [2.75, 3.05) is 27.3 Å². The molecular weight excluding hydrogens is 428 g/mol. The first kappa shape index (κ1) is 22.5. The molecule has 0 spiro atoms. The summed E-state index contributed by atoms with van der Waals surface area (Å²) in [5.41, 5.74) is 1.77. The van der Waals surface area contributed by atoms with E-state index in [0.29, 0.717) is 43.3 Å².